The molecule has 1 amide bonds. The van der Waals surface area contributed by atoms with Crippen molar-refractivity contribution in [3.05, 3.63) is 29.8 Å². The number of benzene rings is 1. The third kappa shape index (κ3) is 4.89. The average molecular weight is 434 g/mol. The molecule has 1 aromatic carbocycles. The summed E-state index contributed by atoms with van der Waals surface area (Å²) in [6.45, 7) is 7.17. The Morgan fingerprint density at radius 1 is 0.933 bits per heavy atom. The van der Waals surface area contributed by atoms with Crippen LogP contribution in [0.5, 0.6) is 0 Å². The minimum absolute atomic E-state index is 0.0822. The van der Waals surface area contributed by atoms with Crippen molar-refractivity contribution in [2.75, 3.05) is 26.2 Å². The lowest BCUT2D eigenvalue weighted by Crippen LogP contribution is -2.49. The normalized spacial score (nSPS) is 23.0. The lowest BCUT2D eigenvalue weighted by molar-refractivity contribution is -0.127. The molecule has 2 heterocycles. The van der Waals surface area contributed by atoms with Gasteiger partial charge in [0, 0.05) is 44.2 Å². The molecule has 0 aromatic heterocycles. The number of nitrogens with zero attached hydrogens (tertiary/aromatic N) is 2. The molecule has 3 aliphatic rings. The number of nitrogens with one attached hydrogen (secondary N) is 1. The second-order valence-electron chi connectivity index (χ2n) is 9.45. The lowest BCUT2D eigenvalue weighted by Gasteiger charge is -2.34. The third-order valence-corrected chi connectivity index (χ3v) is 8.86. The Kier molecular flexibility index (Phi) is 6.51. The highest BCUT2D eigenvalue weighted by molar-refractivity contribution is 7.89. The predicted octanol–water partition coefficient (Wildman–Crippen LogP) is 2.95. The Morgan fingerprint density at radius 2 is 1.53 bits per heavy atom. The van der Waals surface area contributed by atoms with Crippen molar-refractivity contribution in [1.29, 1.82) is 0 Å². The van der Waals surface area contributed by atoms with Gasteiger partial charge in [0.1, 0.15) is 0 Å². The largest absolute Gasteiger partial charge is 0.353 e. The van der Waals surface area contributed by atoms with Crippen LogP contribution in [0, 0.1) is 5.92 Å². The summed E-state index contributed by atoms with van der Waals surface area (Å²) in [5.41, 5.74) is 1.13. The number of carbonyl (C=O) groups excluding carboxylic acids is 1. The molecular formula is C23H35N3O3S. The molecule has 30 heavy (non-hydrogen) atoms. The van der Waals surface area contributed by atoms with Crippen LogP contribution in [-0.2, 0) is 14.8 Å². The van der Waals surface area contributed by atoms with E-state index in [-0.39, 0.29) is 17.9 Å². The first kappa shape index (κ1) is 21.8. The molecule has 4 rings (SSSR count). The summed E-state index contributed by atoms with van der Waals surface area (Å²) in [5.74, 6) is 0.399. The topological polar surface area (TPSA) is 69.7 Å². The van der Waals surface area contributed by atoms with Gasteiger partial charge >= 0.3 is 0 Å². The van der Waals surface area contributed by atoms with Crippen molar-refractivity contribution in [2.24, 2.45) is 5.92 Å². The van der Waals surface area contributed by atoms with Crippen LogP contribution in [-0.4, -0.2) is 61.8 Å². The number of sulfonamides is 1. The number of carbonyl (C=O) groups is 1. The zero-order chi connectivity index (χ0) is 21.3. The van der Waals surface area contributed by atoms with E-state index in [4.69, 9.17) is 0 Å². The number of likely N-dealkylation sites (tertiary alicyclic amines) is 1. The second kappa shape index (κ2) is 8.97. The van der Waals surface area contributed by atoms with Crippen molar-refractivity contribution in [3.63, 3.8) is 0 Å². The van der Waals surface area contributed by atoms with Crippen LogP contribution in [0.3, 0.4) is 0 Å². The number of amides is 1. The minimum Gasteiger partial charge on any atom is -0.353 e. The van der Waals surface area contributed by atoms with Gasteiger partial charge in [-0.25, -0.2) is 8.42 Å². The lowest BCUT2D eigenvalue weighted by atomic mass is 9.96. The SMILES string of the molecule is CC(C)c1ccc(S(=O)(=O)N2CCC(C(=O)NC3CCN(C4CC4)CC3)CC2)cc1. The van der Waals surface area contributed by atoms with Gasteiger partial charge in [0.15, 0.2) is 0 Å². The number of hydrogen-bond donors (Lipinski definition) is 1. The smallest absolute Gasteiger partial charge is 0.243 e. The van der Waals surface area contributed by atoms with Gasteiger partial charge in [-0.3, -0.25) is 4.79 Å². The fourth-order valence-corrected chi connectivity index (χ4v) is 6.17. The molecule has 1 saturated carbocycles. The van der Waals surface area contributed by atoms with Crippen LogP contribution in [0.15, 0.2) is 29.2 Å². The van der Waals surface area contributed by atoms with Crippen molar-refractivity contribution in [2.45, 2.75) is 75.3 Å². The standard InChI is InChI=1S/C23H35N3O3S/c1-17(2)18-3-7-22(8-4-18)30(28,29)26-15-9-19(10-16-26)23(27)24-20-11-13-25(14-12-20)21-5-6-21/h3-4,7-8,17,19-21H,5-6,9-16H2,1-2H3,(H,24,27). The van der Waals surface area contributed by atoms with Gasteiger partial charge in [-0.05, 0) is 62.1 Å². The summed E-state index contributed by atoms with van der Waals surface area (Å²) in [6, 6.07) is 8.27. The molecule has 1 aliphatic carbocycles. The first-order valence-corrected chi connectivity index (χ1v) is 12.9. The van der Waals surface area contributed by atoms with E-state index >= 15 is 0 Å². The Balaban J connectivity index is 1.27. The van der Waals surface area contributed by atoms with Crippen LogP contribution in [0.2, 0.25) is 0 Å². The fraction of sp³-hybridized carbons (Fsp3) is 0.696. The van der Waals surface area contributed by atoms with Gasteiger partial charge in [0.05, 0.1) is 4.90 Å². The monoisotopic (exact) mass is 433 g/mol. The maximum Gasteiger partial charge on any atom is 0.243 e. The maximum atomic E-state index is 13.0. The van der Waals surface area contributed by atoms with Crippen molar-refractivity contribution in [3.8, 4) is 0 Å². The Morgan fingerprint density at radius 3 is 2.07 bits per heavy atom. The zero-order valence-corrected chi connectivity index (χ0v) is 19.0. The average Bonchev–Trinajstić information content (AvgIpc) is 3.60. The van der Waals surface area contributed by atoms with Crippen molar-refractivity contribution in [1.82, 2.24) is 14.5 Å². The molecule has 166 valence electrons. The van der Waals surface area contributed by atoms with Crippen LogP contribution >= 0.6 is 0 Å². The van der Waals surface area contributed by atoms with E-state index < -0.39 is 10.0 Å². The molecule has 0 unspecified atom stereocenters. The highest BCUT2D eigenvalue weighted by Gasteiger charge is 2.35. The predicted molar refractivity (Wildman–Crippen MR) is 118 cm³/mol. The van der Waals surface area contributed by atoms with Crippen LogP contribution in [0.4, 0.5) is 0 Å². The summed E-state index contributed by atoms with van der Waals surface area (Å²) < 4.78 is 27.5. The summed E-state index contributed by atoms with van der Waals surface area (Å²) in [7, 11) is -3.49. The molecule has 7 heteroatoms. The molecular weight excluding hydrogens is 398 g/mol. The highest BCUT2D eigenvalue weighted by atomic mass is 32.2. The number of rotatable bonds is 6. The van der Waals surface area contributed by atoms with Gasteiger partial charge < -0.3 is 10.2 Å². The van der Waals surface area contributed by atoms with E-state index in [1.165, 1.54) is 17.1 Å². The second-order valence-corrected chi connectivity index (χ2v) is 11.4. The third-order valence-electron chi connectivity index (χ3n) is 6.95. The fourth-order valence-electron chi connectivity index (χ4n) is 4.70. The zero-order valence-electron chi connectivity index (χ0n) is 18.2. The summed E-state index contributed by atoms with van der Waals surface area (Å²) >= 11 is 0. The molecule has 0 spiro atoms. The summed E-state index contributed by atoms with van der Waals surface area (Å²) in [6.07, 6.45) is 5.91. The first-order valence-electron chi connectivity index (χ1n) is 11.5. The van der Waals surface area contributed by atoms with Crippen LogP contribution in [0.1, 0.15) is 63.9 Å². The molecule has 0 bridgehead atoms. The molecule has 1 aromatic rings. The van der Waals surface area contributed by atoms with E-state index in [1.54, 1.807) is 12.1 Å². The first-order chi connectivity index (χ1) is 14.3. The molecule has 0 radical (unpaired) electrons. The molecule has 2 aliphatic heterocycles. The summed E-state index contributed by atoms with van der Waals surface area (Å²) in [5, 5.41) is 3.24. The van der Waals surface area contributed by atoms with Gasteiger partial charge in [0.2, 0.25) is 15.9 Å². The number of piperidine rings is 2. The molecule has 1 N–H and O–H groups in total. The van der Waals surface area contributed by atoms with Crippen LogP contribution < -0.4 is 5.32 Å². The molecule has 6 nitrogen and oxygen atoms in total. The summed E-state index contributed by atoms with van der Waals surface area (Å²) in [4.78, 5) is 15.6. The Hall–Kier alpha value is -1.44. The Bertz CT molecular complexity index is 833. The number of hydrogen-bond acceptors (Lipinski definition) is 4. The van der Waals surface area contributed by atoms with Crippen molar-refractivity contribution < 1.29 is 13.2 Å². The van der Waals surface area contributed by atoms with E-state index in [0.717, 1.165) is 37.5 Å². The van der Waals surface area contributed by atoms with Crippen molar-refractivity contribution >= 4 is 15.9 Å². The molecule has 0 atom stereocenters. The molecule has 3 fully saturated rings. The van der Waals surface area contributed by atoms with E-state index in [1.807, 2.05) is 12.1 Å². The quantitative estimate of drug-likeness (QED) is 0.749. The van der Waals surface area contributed by atoms with E-state index in [9.17, 15) is 13.2 Å². The Labute approximate surface area is 181 Å². The molecule has 2 saturated heterocycles. The minimum atomic E-state index is -3.49. The van der Waals surface area contributed by atoms with Gasteiger partial charge in [-0.1, -0.05) is 26.0 Å². The van der Waals surface area contributed by atoms with E-state index in [2.05, 4.69) is 24.1 Å². The highest BCUT2D eigenvalue weighted by Crippen LogP contribution is 2.30. The van der Waals surface area contributed by atoms with Crippen LogP contribution in [0.25, 0.3) is 0 Å². The van der Waals surface area contributed by atoms with Gasteiger partial charge in [-0.15, -0.1) is 0 Å². The van der Waals surface area contributed by atoms with E-state index in [0.29, 0.717) is 36.7 Å². The van der Waals surface area contributed by atoms with Gasteiger partial charge in [0.25, 0.3) is 0 Å². The van der Waals surface area contributed by atoms with Gasteiger partial charge in [-0.2, -0.15) is 4.31 Å². The maximum absolute atomic E-state index is 13.0.